The lowest BCUT2D eigenvalue weighted by atomic mass is 10.0. The molecule has 29 heavy (non-hydrogen) atoms. The number of likely N-dealkylation sites (tertiary alicyclic amines) is 2. The van der Waals surface area contributed by atoms with Crippen LogP contribution in [0.4, 0.5) is 0 Å². The Kier molecular flexibility index (Phi) is 5.63. The Morgan fingerprint density at radius 1 is 1.24 bits per heavy atom. The van der Waals surface area contributed by atoms with E-state index < -0.39 is 0 Å². The van der Waals surface area contributed by atoms with Crippen LogP contribution in [0.1, 0.15) is 43.7 Å². The summed E-state index contributed by atoms with van der Waals surface area (Å²) < 4.78 is 10.7. The minimum atomic E-state index is -0.361. The Morgan fingerprint density at radius 2 is 2.00 bits per heavy atom. The van der Waals surface area contributed by atoms with E-state index >= 15 is 0 Å². The van der Waals surface area contributed by atoms with Gasteiger partial charge in [-0.05, 0) is 70.3 Å². The third-order valence-electron chi connectivity index (χ3n) is 6.73. The minimum Gasteiger partial charge on any atom is -0.497 e. The highest BCUT2D eigenvalue weighted by atomic mass is 16.5. The number of ether oxygens (including phenoxy) is 1. The van der Waals surface area contributed by atoms with Crippen molar-refractivity contribution in [2.24, 2.45) is 0 Å². The fourth-order valence-corrected chi connectivity index (χ4v) is 5.00. The van der Waals surface area contributed by atoms with Crippen molar-refractivity contribution in [1.82, 2.24) is 9.80 Å². The number of hydrogen-bond donors (Lipinski definition) is 0. The van der Waals surface area contributed by atoms with Gasteiger partial charge in [-0.2, -0.15) is 0 Å². The first-order valence-electron chi connectivity index (χ1n) is 10.6. The fourth-order valence-electron chi connectivity index (χ4n) is 5.00. The molecule has 2 saturated heterocycles. The van der Waals surface area contributed by atoms with E-state index in [1.807, 2.05) is 24.0 Å². The lowest BCUT2D eigenvalue weighted by Crippen LogP contribution is -2.44. The van der Waals surface area contributed by atoms with E-state index in [0.29, 0.717) is 35.8 Å². The topological polar surface area (TPSA) is 63.0 Å². The molecule has 6 heteroatoms. The van der Waals surface area contributed by atoms with E-state index in [4.69, 9.17) is 9.15 Å². The van der Waals surface area contributed by atoms with E-state index in [-0.39, 0.29) is 17.6 Å². The molecule has 6 nitrogen and oxygen atoms in total. The van der Waals surface area contributed by atoms with Crippen LogP contribution in [0.15, 0.2) is 27.4 Å². The van der Waals surface area contributed by atoms with Crippen LogP contribution in [0, 0.1) is 6.92 Å². The van der Waals surface area contributed by atoms with Gasteiger partial charge in [0.1, 0.15) is 11.3 Å². The van der Waals surface area contributed by atoms with Gasteiger partial charge in [-0.1, -0.05) is 0 Å². The van der Waals surface area contributed by atoms with Crippen LogP contribution < -0.4 is 10.4 Å². The van der Waals surface area contributed by atoms with Crippen molar-refractivity contribution < 1.29 is 13.9 Å². The smallest absolute Gasteiger partial charge is 0.339 e. The van der Waals surface area contributed by atoms with E-state index in [9.17, 15) is 9.59 Å². The van der Waals surface area contributed by atoms with Crippen molar-refractivity contribution >= 4 is 16.9 Å². The summed E-state index contributed by atoms with van der Waals surface area (Å²) in [5.74, 6) is 0.784. The molecule has 0 radical (unpaired) electrons. The second-order valence-electron chi connectivity index (χ2n) is 8.28. The van der Waals surface area contributed by atoms with Crippen LogP contribution in [0.5, 0.6) is 5.75 Å². The summed E-state index contributed by atoms with van der Waals surface area (Å²) in [4.78, 5) is 30.0. The Balaban J connectivity index is 1.46. The van der Waals surface area contributed by atoms with Crippen molar-refractivity contribution in [3.8, 4) is 5.75 Å². The minimum absolute atomic E-state index is 0.132. The van der Waals surface area contributed by atoms with Crippen molar-refractivity contribution in [1.29, 1.82) is 0 Å². The summed E-state index contributed by atoms with van der Waals surface area (Å²) in [6, 6.07) is 6.20. The Bertz CT molecular complexity index is 961. The number of rotatable bonds is 5. The Labute approximate surface area is 171 Å². The van der Waals surface area contributed by atoms with Crippen molar-refractivity contribution in [3.63, 3.8) is 0 Å². The maximum Gasteiger partial charge on any atom is 0.339 e. The third kappa shape index (κ3) is 3.78. The van der Waals surface area contributed by atoms with Gasteiger partial charge in [0.25, 0.3) is 0 Å². The first kappa shape index (κ1) is 20.0. The lowest BCUT2D eigenvalue weighted by Gasteiger charge is -2.30. The largest absolute Gasteiger partial charge is 0.497 e. The maximum atomic E-state index is 12.9. The molecule has 2 fully saturated rings. The summed E-state index contributed by atoms with van der Waals surface area (Å²) in [5, 5.41) is 0.886. The predicted octanol–water partition coefficient (Wildman–Crippen LogP) is 3.13. The number of nitrogens with zero attached hydrogens (tertiary/aromatic N) is 2. The molecule has 0 aliphatic carbocycles. The lowest BCUT2D eigenvalue weighted by molar-refractivity contribution is -0.132. The zero-order valence-electron chi connectivity index (χ0n) is 17.6. The van der Waals surface area contributed by atoms with Crippen LogP contribution >= 0.6 is 0 Å². The second-order valence-corrected chi connectivity index (χ2v) is 8.28. The van der Waals surface area contributed by atoms with Gasteiger partial charge in [-0.15, -0.1) is 0 Å². The van der Waals surface area contributed by atoms with Gasteiger partial charge in [0.2, 0.25) is 5.91 Å². The number of carbonyl (C=O) groups excluding carboxylic acids is 1. The number of aryl methyl sites for hydroxylation is 1. The van der Waals surface area contributed by atoms with Crippen molar-refractivity contribution in [2.45, 2.75) is 58.0 Å². The molecule has 0 unspecified atom stereocenters. The highest BCUT2D eigenvalue weighted by molar-refractivity contribution is 5.83. The molecule has 2 aliphatic heterocycles. The van der Waals surface area contributed by atoms with Gasteiger partial charge in [0.05, 0.1) is 7.11 Å². The molecule has 0 spiro atoms. The molecule has 0 bridgehead atoms. The average Bonchev–Trinajstić information content (AvgIpc) is 3.36. The van der Waals surface area contributed by atoms with Gasteiger partial charge in [0.15, 0.2) is 0 Å². The molecular weight excluding hydrogens is 368 g/mol. The molecule has 0 saturated carbocycles. The zero-order chi connectivity index (χ0) is 20.5. The molecule has 2 aromatic rings. The van der Waals surface area contributed by atoms with Crippen LogP contribution in [0.25, 0.3) is 11.0 Å². The quantitative estimate of drug-likeness (QED) is 0.724. The fraction of sp³-hybridized carbons (Fsp3) is 0.565. The summed E-state index contributed by atoms with van der Waals surface area (Å²) >= 11 is 0. The molecule has 156 valence electrons. The number of carbonyl (C=O) groups is 1. The molecule has 4 rings (SSSR count). The zero-order valence-corrected chi connectivity index (χ0v) is 17.6. The number of amides is 1. The number of methoxy groups -OCH3 is 1. The molecule has 2 atom stereocenters. The SMILES string of the molecule is COc1ccc2c(C)c(CCC(=O)N3CC[C@H](N4CCCC4)[C@H]3C)c(=O)oc2c1. The molecule has 1 aromatic heterocycles. The second kappa shape index (κ2) is 8.19. The molecule has 1 aromatic carbocycles. The highest BCUT2D eigenvalue weighted by Gasteiger charge is 2.37. The van der Waals surface area contributed by atoms with Gasteiger partial charge in [0, 0.05) is 42.1 Å². The van der Waals surface area contributed by atoms with Crippen molar-refractivity contribution in [2.75, 3.05) is 26.7 Å². The molecule has 3 heterocycles. The summed E-state index contributed by atoms with van der Waals surface area (Å²) in [6.45, 7) is 7.20. The van der Waals surface area contributed by atoms with E-state index in [2.05, 4.69) is 11.8 Å². The summed E-state index contributed by atoms with van der Waals surface area (Å²) in [7, 11) is 1.58. The summed E-state index contributed by atoms with van der Waals surface area (Å²) in [5.41, 5.74) is 1.64. The normalized spacial score (nSPS) is 22.5. The van der Waals surface area contributed by atoms with Crippen LogP contribution in [-0.4, -0.2) is 54.5 Å². The van der Waals surface area contributed by atoms with Crippen LogP contribution in [-0.2, 0) is 11.2 Å². The first-order chi connectivity index (χ1) is 14.0. The van der Waals surface area contributed by atoms with Gasteiger partial charge < -0.3 is 14.1 Å². The highest BCUT2D eigenvalue weighted by Crippen LogP contribution is 2.28. The monoisotopic (exact) mass is 398 g/mol. The van der Waals surface area contributed by atoms with Crippen LogP contribution in [0.2, 0.25) is 0 Å². The molecule has 2 aliphatic rings. The predicted molar refractivity (Wildman–Crippen MR) is 112 cm³/mol. The first-order valence-corrected chi connectivity index (χ1v) is 10.6. The number of hydrogen-bond acceptors (Lipinski definition) is 5. The maximum absolute atomic E-state index is 12.9. The van der Waals surface area contributed by atoms with Crippen LogP contribution in [0.3, 0.4) is 0 Å². The van der Waals surface area contributed by atoms with Gasteiger partial charge in [-0.3, -0.25) is 9.69 Å². The molecule has 0 N–H and O–H groups in total. The Morgan fingerprint density at radius 3 is 2.72 bits per heavy atom. The van der Waals surface area contributed by atoms with Crippen molar-refractivity contribution in [3.05, 3.63) is 39.7 Å². The van der Waals surface area contributed by atoms with E-state index in [1.165, 1.54) is 12.8 Å². The molecular formula is C23H30N2O4. The Hall–Kier alpha value is -2.34. The molecule has 1 amide bonds. The third-order valence-corrected chi connectivity index (χ3v) is 6.73. The van der Waals surface area contributed by atoms with E-state index in [1.54, 1.807) is 13.2 Å². The average molecular weight is 399 g/mol. The summed E-state index contributed by atoms with van der Waals surface area (Å²) in [6.07, 6.45) is 4.32. The number of benzene rings is 1. The van der Waals surface area contributed by atoms with E-state index in [0.717, 1.165) is 37.0 Å². The standard InChI is InChI=1S/C23H30N2O4/c1-15-18-7-6-17(28-3)14-21(18)29-23(27)19(15)8-9-22(26)25-13-10-20(16(25)2)24-11-4-5-12-24/h6-7,14,16,20H,4-5,8-13H2,1-3H3/t16-,20+/m1/s1. The van der Waals surface area contributed by atoms with Gasteiger partial charge in [-0.25, -0.2) is 4.79 Å². The van der Waals surface area contributed by atoms with Gasteiger partial charge >= 0.3 is 5.63 Å². The number of fused-ring (bicyclic) bond motifs is 1.